The van der Waals surface area contributed by atoms with E-state index < -0.39 is 0 Å². The molecule has 2 N–H and O–H groups in total. The first-order valence-corrected chi connectivity index (χ1v) is 10.8. The largest absolute Gasteiger partial charge is 0.468 e. The van der Waals surface area contributed by atoms with E-state index in [9.17, 15) is 0 Å². The summed E-state index contributed by atoms with van der Waals surface area (Å²) < 4.78 is 11.2. The summed E-state index contributed by atoms with van der Waals surface area (Å²) in [6.07, 6.45) is 6.09. The Balaban J connectivity index is 1.36. The molecule has 0 bridgehead atoms. The van der Waals surface area contributed by atoms with E-state index in [1.54, 1.807) is 13.3 Å². The summed E-state index contributed by atoms with van der Waals surface area (Å²) in [5, 5.41) is 6.94. The molecule has 2 saturated heterocycles. The van der Waals surface area contributed by atoms with Crippen LogP contribution in [0.3, 0.4) is 0 Å². The predicted octanol–water partition coefficient (Wildman–Crippen LogP) is 2.01. The van der Waals surface area contributed by atoms with E-state index >= 15 is 0 Å². The molecule has 0 amide bonds. The highest BCUT2D eigenvalue weighted by Crippen LogP contribution is 2.25. The van der Waals surface area contributed by atoms with Crippen molar-refractivity contribution in [2.75, 3.05) is 57.9 Å². The molecule has 2 fully saturated rings. The Morgan fingerprint density at radius 2 is 1.97 bits per heavy atom. The average molecular weight is 413 g/mol. The number of pyridine rings is 1. The van der Waals surface area contributed by atoms with Crippen molar-refractivity contribution in [3.63, 3.8) is 0 Å². The van der Waals surface area contributed by atoms with Gasteiger partial charge in [-0.3, -0.25) is 9.89 Å². The topological polar surface area (TPSA) is 78.2 Å². The second-order valence-corrected chi connectivity index (χ2v) is 7.67. The molecule has 30 heavy (non-hydrogen) atoms. The van der Waals surface area contributed by atoms with Crippen molar-refractivity contribution in [1.29, 1.82) is 0 Å². The number of hydrogen-bond donors (Lipinski definition) is 2. The number of furan rings is 1. The lowest BCUT2D eigenvalue weighted by atomic mass is 10.2. The van der Waals surface area contributed by atoms with Gasteiger partial charge in [0.1, 0.15) is 11.6 Å². The molecular formula is C22H32N6O2. The van der Waals surface area contributed by atoms with Gasteiger partial charge in [-0.2, -0.15) is 0 Å². The van der Waals surface area contributed by atoms with Crippen molar-refractivity contribution in [2.24, 2.45) is 4.99 Å². The lowest BCUT2D eigenvalue weighted by Gasteiger charge is -2.29. The molecule has 0 aromatic carbocycles. The van der Waals surface area contributed by atoms with Gasteiger partial charge in [0, 0.05) is 45.0 Å². The van der Waals surface area contributed by atoms with Gasteiger partial charge in [-0.1, -0.05) is 6.07 Å². The Morgan fingerprint density at radius 1 is 1.13 bits per heavy atom. The number of likely N-dealkylation sites (tertiary alicyclic amines) is 1. The van der Waals surface area contributed by atoms with Crippen LogP contribution in [-0.4, -0.2) is 68.8 Å². The number of hydrogen-bond acceptors (Lipinski definition) is 6. The zero-order chi connectivity index (χ0) is 20.6. The number of ether oxygens (including phenoxy) is 1. The SMILES string of the molecule is CN=C(NCc1cccnc1N1CCOCC1)NCC(c1ccco1)N1CCCC1. The zero-order valence-corrected chi connectivity index (χ0v) is 17.7. The Kier molecular flexibility index (Phi) is 7.20. The molecule has 0 radical (unpaired) electrons. The van der Waals surface area contributed by atoms with Crippen molar-refractivity contribution < 1.29 is 9.15 Å². The fourth-order valence-corrected chi connectivity index (χ4v) is 4.16. The van der Waals surface area contributed by atoms with E-state index in [1.807, 2.05) is 18.3 Å². The minimum absolute atomic E-state index is 0.211. The van der Waals surface area contributed by atoms with Gasteiger partial charge in [0.05, 0.1) is 25.5 Å². The van der Waals surface area contributed by atoms with Crippen LogP contribution in [0.2, 0.25) is 0 Å². The standard InChI is InChI=1S/C22H32N6O2/c1-23-22(26-17-19(20-7-5-13-30-20)27-9-2-3-10-27)25-16-18-6-4-8-24-21(18)28-11-14-29-15-12-28/h4-8,13,19H,2-3,9-12,14-17H2,1H3,(H2,23,25,26). The number of aliphatic imine (C=N–C) groups is 1. The third-order valence-electron chi connectivity index (χ3n) is 5.76. The lowest BCUT2D eigenvalue weighted by molar-refractivity contribution is 0.122. The van der Waals surface area contributed by atoms with Gasteiger partial charge >= 0.3 is 0 Å². The van der Waals surface area contributed by atoms with Crippen LogP contribution in [0.25, 0.3) is 0 Å². The fourth-order valence-electron chi connectivity index (χ4n) is 4.16. The summed E-state index contributed by atoms with van der Waals surface area (Å²) in [6, 6.07) is 8.33. The van der Waals surface area contributed by atoms with E-state index in [0.717, 1.165) is 69.0 Å². The van der Waals surface area contributed by atoms with Crippen molar-refractivity contribution in [3.8, 4) is 0 Å². The van der Waals surface area contributed by atoms with Crippen molar-refractivity contribution in [2.45, 2.75) is 25.4 Å². The van der Waals surface area contributed by atoms with Gasteiger partial charge in [-0.25, -0.2) is 4.98 Å². The van der Waals surface area contributed by atoms with Gasteiger partial charge in [0.15, 0.2) is 5.96 Å². The molecule has 0 spiro atoms. The first kappa shape index (κ1) is 20.7. The maximum atomic E-state index is 5.72. The highest BCUT2D eigenvalue weighted by molar-refractivity contribution is 5.79. The van der Waals surface area contributed by atoms with Crippen LogP contribution in [0.5, 0.6) is 0 Å². The molecule has 0 saturated carbocycles. The lowest BCUT2D eigenvalue weighted by Crippen LogP contribution is -2.42. The maximum Gasteiger partial charge on any atom is 0.191 e. The summed E-state index contributed by atoms with van der Waals surface area (Å²) in [4.78, 5) is 13.8. The van der Waals surface area contributed by atoms with Crippen LogP contribution in [0, 0.1) is 0 Å². The summed E-state index contributed by atoms with van der Waals surface area (Å²) in [7, 11) is 1.80. The predicted molar refractivity (Wildman–Crippen MR) is 118 cm³/mol. The third-order valence-corrected chi connectivity index (χ3v) is 5.76. The second-order valence-electron chi connectivity index (χ2n) is 7.67. The minimum Gasteiger partial charge on any atom is -0.468 e. The number of rotatable bonds is 7. The Morgan fingerprint density at radius 3 is 2.70 bits per heavy atom. The van der Waals surface area contributed by atoms with E-state index in [2.05, 4.69) is 42.5 Å². The Labute approximate surface area is 178 Å². The van der Waals surface area contributed by atoms with Crippen molar-refractivity contribution in [1.82, 2.24) is 20.5 Å². The van der Waals surface area contributed by atoms with Crippen LogP contribution in [0.1, 0.15) is 30.2 Å². The molecule has 2 aliphatic heterocycles. The molecule has 1 atom stereocenters. The molecular weight excluding hydrogens is 380 g/mol. The summed E-state index contributed by atoms with van der Waals surface area (Å²) in [5.74, 6) is 2.80. The molecule has 8 heteroatoms. The van der Waals surface area contributed by atoms with E-state index in [4.69, 9.17) is 9.15 Å². The molecule has 2 aliphatic rings. The van der Waals surface area contributed by atoms with Crippen LogP contribution >= 0.6 is 0 Å². The van der Waals surface area contributed by atoms with Gasteiger partial charge < -0.3 is 24.7 Å². The van der Waals surface area contributed by atoms with E-state index in [0.29, 0.717) is 6.54 Å². The van der Waals surface area contributed by atoms with E-state index in [-0.39, 0.29) is 6.04 Å². The molecule has 0 aliphatic carbocycles. The first-order chi connectivity index (χ1) is 14.8. The van der Waals surface area contributed by atoms with Crippen LogP contribution in [0.4, 0.5) is 5.82 Å². The second kappa shape index (κ2) is 10.4. The van der Waals surface area contributed by atoms with Gasteiger partial charge in [0.25, 0.3) is 0 Å². The molecule has 4 heterocycles. The van der Waals surface area contributed by atoms with Crippen LogP contribution < -0.4 is 15.5 Å². The summed E-state index contributed by atoms with van der Waals surface area (Å²) in [6.45, 7) is 6.87. The fraction of sp³-hybridized carbons (Fsp3) is 0.545. The molecule has 8 nitrogen and oxygen atoms in total. The van der Waals surface area contributed by atoms with Gasteiger partial charge in [0.2, 0.25) is 0 Å². The molecule has 2 aromatic rings. The number of aromatic nitrogens is 1. The summed E-state index contributed by atoms with van der Waals surface area (Å²) in [5.41, 5.74) is 1.16. The number of nitrogens with zero attached hydrogens (tertiary/aromatic N) is 4. The van der Waals surface area contributed by atoms with Crippen molar-refractivity contribution in [3.05, 3.63) is 48.0 Å². The first-order valence-electron chi connectivity index (χ1n) is 10.8. The Hall–Kier alpha value is -2.58. The monoisotopic (exact) mass is 412 g/mol. The number of nitrogens with one attached hydrogen (secondary N) is 2. The van der Waals surface area contributed by atoms with Crippen molar-refractivity contribution >= 4 is 11.8 Å². The smallest absolute Gasteiger partial charge is 0.191 e. The molecule has 1 unspecified atom stereocenters. The number of anilines is 1. The molecule has 162 valence electrons. The number of guanidine groups is 1. The molecule has 2 aromatic heterocycles. The Bertz CT molecular complexity index is 798. The quantitative estimate of drug-likeness (QED) is 0.532. The van der Waals surface area contributed by atoms with Crippen LogP contribution in [-0.2, 0) is 11.3 Å². The normalized spacial score (nSPS) is 19.1. The van der Waals surface area contributed by atoms with Crippen LogP contribution in [0.15, 0.2) is 46.1 Å². The molecule has 4 rings (SSSR count). The van der Waals surface area contributed by atoms with E-state index in [1.165, 1.54) is 12.8 Å². The zero-order valence-electron chi connectivity index (χ0n) is 17.7. The highest BCUT2D eigenvalue weighted by atomic mass is 16.5. The highest BCUT2D eigenvalue weighted by Gasteiger charge is 2.25. The maximum absolute atomic E-state index is 5.72. The average Bonchev–Trinajstić information content (AvgIpc) is 3.52. The third kappa shape index (κ3) is 5.12. The van der Waals surface area contributed by atoms with Gasteiger partial charge in [-0.05, 0) is 44.1 Å². The minimum atomic E-state index is 0.211. The summed E-state index contributed by atoms with van der Waals surface area (Å²) >= 11 is 0. The van der Waals surface area contributed by atoms with Gasteiger partial charge in [-0.15, -0.1) is 0 Å². The number of morpholine rings is 1.